The van der Waals surface area contributed by atoms with E-state index in [4.69, 9.17) is 24.4 Å². The van der Waals surface area contributed by atoms with E-state index in [1.807, 2.05) is 0 Å². The molecule has 1 aliphatic carbocycles. The average molecular weight is 406 g/mol. The lowest BCUT2D eigenvalue weighted by atomic mass is 9.50. The van der Waals surface area contributed by atoms with Gasteiger partial charge in [0, 0.05) is 12.0 Å². The van der Waals surface area contributed by atoms with Crippen LogP contribution in [0.15, 0.2) is 18.2 Å². The molecule has 1 saturated carbocycles. The van der Waals surface area contributed by atoms with Crippen LogP contribution >= 0.6 is 0 Å². The predicted octanol–water partition coefficient (Wildman–Crippen LogP) is 3.46. The number of hydrogen-bond acceptors (Lipinski definition) is 8. The molecule has 1 aromatic rings. The van der Waals surface area contributed by atoms with Crippen molar-refractivity contribution < 1.29 is 18.9 Å². The summed E-state index contributed by atoms with van der Waals surface area (Å²) >= 11 is 0. The number of benzene rings is 1. The molecule has 0 aromatic heterocycles. The zero-order chi connectivity index (χ0) is 21.7. The first kappa shape index (κ1) is 20.0. The van der Waals surface area contributed by atoms with E-state index in [0.29, 0.717) is 29.9 Å². The molecular weight excluding hydrogens is 384 g/mol. The largest absolute Gasteiger partial charge is 0.497 e. The van der Waals surface area contributed by atoms with Gasteiger partial charge in [-0.05, 0) is 37.0 Å². The number of nitrogens with zero attached hydrogens (tertiary/aromatic N) is 3. The molecule has 0 radical (unpaired) electrons. The monoisotopic (exact) mass is 406 g/mol. The zero-order valence-electron chi connectivity index (χ0n) is 17.1. The van der Waals surface area contributed by atoms with Crippen LogP contribution in [0.5, 0.6) is 11.5 Å². The minimum atomic E-state index is -2.00. The van der Waals surface area contributed by atoms with Crippen LogP contribution in [0.25, 0.3) is 0 Å². The summed E-state index contributed by atoms with van der Waals surface area (Å²) in [5.74, 6) is -1.03. The van der Waals surface area contributed by atoms with Crippen molar-refractivity contribution in [3.8, 4) is 29.7 Å². The van der Waals surface area contributed by atoms with Crippen molar-refractivity contribution >= 4 is 5.90 Å². The molecule has 3 fully saturated rings. The third-order valence-corrected chi connectivity index (χ3v) is 6.89. The highest BCUT2D eigenvalue weighted by molar-refractivity contribution is 5.89. The molecule has 30 heavy (non-hydrogen) atoms. The molecule has 2 saturated heterocycles. The van der Waals surface area contributed by atoms with E-state index < -0.39 is 28.6 Å². The highest BCUT2D eigenvalue weighted by Crippen LogP contribution is 2.70. The van der Waals surface area contributed by atoms with E-state index in [0.717, 1.165) is 6.42 Å². The maximum atomic E-state index is 10.4. The molecule has 5 unspecified atom stereocenters. The van der Waals surface area contributed by atoms with Crippen molar-refractivity contribution in [3.05, 3.63) is 23.8 Å². The van der Waals surface area contributed by atoms with Crippen LogP contribution in [0.3, 0.4) is 0 Å². The molecule has 154 valence electrons. The minimum absolute atomic E-state index is 0.256. The number of hydrogen-bond donors (Lipinski definition) is 1. The van der Waals surface area contributed by atoms with Crippen LogP contribution in [0.1, 0.15) is 37.9 Å². The highest BCUT2D eigenvalue weighted by atomic mass is 16.7. The van der Waals surface area contributed by atoms with Gasteiger partial charge in [-0.25, -0.2) is 0 Å². The third-order valence-electron chi connectivity index (χ3n) is 6.89. The van der Waals surface area contributed by atoms with Gasteiger partial charge in [0.25, 0.3) is 0 Å². The molecule has 0 spiro atoms. The number of nitrogens with one attached hydrogen (secondary N) is 1. The lowest BCUT2D eigenvalue weighted by Gasteiger charge is -2.52. The molecule has 1 aromatic carbocycles. The summed E-state index contributed by atoms with van der Waals surface area (Å²) in [6.45, 7) is 2.05. The van der Waals surface area contributed by atoms with Gasteiger partial charge in [-0.15, -0.1) is 0 Å². The van der Waals surface area contributed by atoms with Crippen LogP contribution in [-0.2, 0) is 9.47 Å². The predicted molar refractivity (Wildman–Crippen MR) is 103 cm³/mol. The van der Waals surface area contributed by atoms with Gasteiger partial charge in [0.15, 0.2) is 5.41 Å². The highest BCUT2D eigenvalue weighted by Gasteiger charge is 2.81. The number of rotatable bonds is 3. The Bertz CT molecular complexity index is 1020. The second-order valence-corrected chi connectivity index (χ2v) is 8.23. The van der Waals surface area contributed by atoms with Crippen LogP contribution in [-0.4, -0.2) is 25.9 Å². The molecule has 2 bridgehead atoms. The van der Waals surface area contributed by atoms with Crippen molar-refractivity contribution in [1.29, 1.82) is 21.2 Å². The van der Waals surface area contributed by atoms with Crippen LogP contribution < -0.4 is 9.47 Å². The zero-order valence-corrected chi connectivity index (χ0v) is 17.1. The Hall–Kier alpha value is -3.28. The lowest BCUT2D eigenvalue weighted by molar-refractivity contribution is -0.298. The van der Waals surface area contributed by atoms with Gasteiger partial charge >= 0.3 is 0 Å². The molecule has 2 heterocycles. The molecule has 4 rings (SSSR count). The SMILES string of the molecule is COc1ccc(OC)c(C2OC34CCC(C)CC3C(C#N)(C(=N)O4)C2(C#N)C#N)c1. The van der Waals surface area contributed by atoms with E-state index in [1.165, 1.54) is 14.2 Å². The molecule has 8 heteroatoms. The summed E-state index contributed by atoms with van der Waals surface area (Å²) in [4.78, 5) is 0. The smallest absolute Gasteiger partial charge is 0.217 e. The summed E-state index contributed by atoms with van der Waals surface area (Å²) in [6.07, 6.45) is 0.632. The Morgan fingerprint density at radius 1 is 1.13 bits per heavy atom. The normalized spacial score (nSPS) is 35.7. The maximum absolute atomic E-state index is 10.4. The maximum Gasteiger partial charge on any atom is 0.217 e. The fourth-order valence-corrected chi connectivity index (χ4v) is 5.35. The summed E-state index contributed by atoms with van der Waals surface area (Å²) in [5.41, 5.74) is -3.34. The Morgan fingerprint density at radius 2 is 1.87 bits per heavy atom. The molecule has 3 aliphatic rings. The Kier molecular flexibility index (Phi) is 4.42. The van der Waals surface area contributed by atoms with E-state index in [2.05, 4.69) is 25.1 Å². The van der Waals surface area contributed by atoms with Crippen molar-refractivity contribution in [1.82, 2.24) is 0 Å². The molecule has 1 N–H and O–H groups in total. The first-order valence-electron chi connectivity index (χ1n) is 9.79. The quantitative estimate of drug-likeness (QED) is 0.813. The van der Waals surface area contributed by atoms with E-state index in [9.17, 15) is 15.8 Å². The third kappa shape index (κ3) is 2.19. The lowest BCUT2D eigenvalue weighted by Crippen LogP contribution is -2.61. The minimum Gasteiger partial charge on any atom is -0.497 e. The first-order valence-corrected chi connectivity index (χ1v) is 9.79. The average Bonchev–Trinajstić information content (AvgIpc) is 2.96. The van der Waals surface area contributed by atoms with Gasteiger partial charge < -0.3 is 18.9 Å². The van der Waals surface area contributed by atoms with Crippen molar-refractivity contribution in [2.75, 3.05) is 14.2 Å². The Morgan fingerprint density at radius 3 is 2.47 bits per heavy atom. The van der Waals surface area contributed by atoms with Gasteiger partial charge in [0.05, 0.1) is 38.3 Å². The van der Waals surface area contributed by atoms with Crippen LogP contribution in [0, 0.1) is 62.1 Å². The topological polar surface area (TPSA) is 132 Å². The molecule has 5 atom stereocenters. The molecule has 2 aliphatic heterocycles. The van der Waals surface area contributed by atoms with Gasteiger partial charge in [-0.1, -0.05) is 6.92 Å². The van der Waals surface area contributed by atoms with Crippen LogP contribution in [0.2, 0.25) is 0 Å². The fraction of sp³-hybridized carbons (Fsp3) is 0.545. The summed E-state index contributed by atoms with van der Waals surface area (Å²) in [6, 6.07) is 11.3. The van der Waals surface area contributed by atoms with Crippen molar-refractivity contribution in [2.45, 2.75) is 38.1 Å². The molecule has 8 nitrogen and oxygen atoms in total. The Balaban J connectivity index is 2.02. The summed E-state index contributed by atoms with van der Waals surface area (Å²) in [7, 11) is 2.98. The van der Waals surface area contributed by atoms with E-state index in [-0.39, 0.29) is 11.8 Å². The van der Waals surface area contributed by atoms with Gasteiger partial charge in [-0.3, -0.25) is 5.41 Å². The van der Waals surface area contributed by atoms with Crippen molar-refractivity contribution in [2.24, 2.45) is 22.7 Å². The van der Waals surface area contributed by atoms with Gasteiger partial charge in [-0.2, -0.15) is 15.8 Å². The summed E-state index contributed by atoms with van der Waals surface area (Å²) < 4.78 is 23.2. The van der Waals surface area contributed by atoms with Gasteiger partial charge in [0.1, 0.15) is 17.6 Å². The van der Waals surface area contributed by atoms with Crippen LogP contribution in [0.4, 0.5) is 0 Å². The number of ether oxygens (including phenoxy) is 4. The Labute approximate surface area is 175 Å². The first-order chi connectivity index (χ1) is 14.4. The standard InChI is InChI=1S/C22H22N4O4/c1-13-6-7-22-17(8-13)21(12-25,19(26)30-22)20(10-23,11-24)18(29-22)15-9-14(27-2)4-5-16(15)28-3/h4-5,9,13,17-18,26H,6-8H2,1-3H3. The second kappa shape index (κ2) is 6.62. The van der Waals surface area contributed by atoms with E-state index >= 15 is 0 Å². The molecular formula is C22H22N4O4. The van der Waals surface area contributed by atoms with E-state index in [1.54, 1.807) is 18.2 Å². The second-order valence-electron chi connectivity index (χ2n) is 8.23. The van der Waals surface area contributed by atoms with Crippen molar-refractivity contribution in [3.63, 3.8) is 0 Å². The number of nitriles is 3. The van der Waals surface area contributed by atoms with Gasteiger partial charge in [0.2, 0.25) is 17.1 Å². The summed E-state index contributed by atoms with van der Waals surface area (Å²) in [5, 5.41) is 39.6. The number of methoxy groups -OCH3 is 2. The fourth-order valence-electron chi connectivity index (χ4n) is 5.35. The molecule has 0 amide bonds.